The van der Waals surface area contributed by atoms with Crippen LogP contribution in [0, 0.1) is 0 Å². The van der Waals surface area contributed by atoms with Crippen LogP contribution in [0.4, 0.5) is 4.79 Å². The minimum atomic E-state index is -0.517. The summed E-state index contributed by atoms with van der Waals surface area (Å²) in [7, 11) is 0. The highest BCUT2D eigenvalue weighted by molar-refractivity contribution is 5.66. The molecule has 0 unspecified atom stereocenters. The van der Waals surface area contributed by atoms with Crippen LogP contribution in [0.3, 0.4) is 0 Å². The largest absolute Gasteiger partial charge is 0.445 e. The number of hydrazine groups is 1. The molecule has 1 rings (SSSR count). The third kappa shape index (κ3) is 2.76. The van der Waals surface area contributed by atoms with Gasteiger partial charge in [0.15, 0.2) is 0 Å². The minimum absolute atomic E-state index is 0.0901. The highest BCUT2D eigenvalue weighted by Gasteiger charge is 2.16. The van der Waals surface area contributed by atoms with Gasteiger partial charge < -0.3 is 4.74 Å². The molecule has 0 bridgehead atoms. The van der Waals surface area contributed by atoms with E-state index in [0.717, 1.165) is 25.7 Å². The number of carbonyl (C=O) groups is 1. The first kappa shape index (κ1) is 8.33. The monoisotopic (exact) mass is 158 g/mol. The number of nitrogens with one attached hydrogen (secondary N) is 1. The van der Waals surface area contributed by atoms with Crippen LogP contribution < -0.4 is 11.3 Å². The molecule has 1 aliphatic rings. The number of rotatable bonds is 1. The van der Waals surface area contributed by atoms with E-state index in [2.05, 4.69) is 0 Å². The molecule has 4 nitrogen and oxygen atoms in total. The van der Waals surface area contributed by atoms with Crippen molar-refractivity contribution in [3.05, 3.63) is 0 Å². The molecule has 1 fully saturated rings. The first-order valence-corrected chi connectivity index (χ1v) is 4.00. The Labute approximate surface area is 66.1 Å². The first-order valence-electron chi connectivity index (χ1n) is 4.00. The molecule has 0 atom stereocenters. The van der Waals surface area contributed by atoms with E-state index < -0.39 is 6.09 Å². The van der Waals surface area contributed by atoms with Crippen molar-refractivity contribution in [2.45, 2.75) is 38.2 Å². The summed E-state index contributed by atoms with van der Waals surface area (Å²) in [6.07, 6.45) is 5.10. The van der Waals surface area contributed by atoms with Crippen molar-refractivity contribution in [2.75, 3.05) is 0 Å². The molecule has 1 amide bonds. The van der Waals surface area contributed by atoms with Crippen molar-refractivity contribution in [3.63, 3.8) is 0 Å². The Morgan fingerprint density at radius 1 is 1.36 bits per heavy atom. The summed E-state index contributed by atoms with van der Waals surface area (Å²) in [5.74, 6) is 4.86. The molecule has 3 N–H and O–H groups in total. The summed E-state index contributed by atoms with van der Waals surface area (Å²) in [4.78, 5) is 10.6. The zero-order valence-corrected chi connectivity index (χ0v) is 6.51. The van der Waals surface area contributed by atoms with Gasteiger partial charge in [-0.15, -0.1) is 0 Å². The van der Waals surface area contributed by atoms with Crippen molar-refractivity contribution in [3.8, 4) is 0 Å². The number of nitrogens with two attached hydrogens (primary N) is 1. The van der Waals surface area contributed by atoms with E-state index >= 15 is 0 Å². The molecule has 0 radical (unpaired) electrons. The van der Waals surface area contributed by atoms with Gasteiger partial charge in [0.25, 0.3) is 0 Å². The highest BCUT2D eigenvalue weighted by Crippen LogP contribution is 2.19. The van der Waals surface area contributed by atoms with Gasteiger partial charge in [0, 0.05) is 0 Å². The molecule has 0 saturated heterocycles. The number of carbonyl (C=O) groups excluding carboxylic acids is 1. The smallest absolute Gasteiger partial charge is 0.421 e. The Bertz CT molecular complexity index is 132. The SMILES string of the molecule is NNC(=O)OC1CCCCC1. The zero-order valence-electron chi connectivity index (χ0n) is 6.51. The Morgan fingerprint density at radius 3 is 2.55 bits per heavy atom. The van der Waals surface area contributed by atoms with Crippen LogP contribution >= 0.6 is 0 Å². The van der Waals surface area contributed by atoms with Gasteiger partial charge in [-0.1, -0.05) is 6.42 Å². The van der Waals surface area contributed by atoms with Crippen molar-refractivity contribution < 1.29 is 9.53 Å². The maximum atomic E-state index is 10.6. The van der Waals surface area contributed by atoms with Crippen LogP contribution in [0.1, 0.15) is 32.1 Å². The van der Waals surface area contributed by atoms with Crippen LogP contribution in [-0.4, -0.2) is 12.2 Å². The van der Waals surface area contributed by atoms with Crippen LogP contribution in [0.15, 0.2) is 0 Å². The van der Waals surface area contributed by atoms with E-state index in [-0.39, 0.29) is 6.10 Å². The average Bonchev–Trinajstić information content (AvgIpc) is 2.06. The summed E-state index contributed by atoms with van der Waals surface area (Å²) < 4.78 is 4.97. The second-order valence-corrected chi connectivity index (χ2v) is 2.81. The fourth-order valence-corrected chi connectivity index (χ4v) is 1.37. The number of ether oxygens (including phenoxy) is 1. The highest BCUT2D eigenvalue weighted by atomic mass is 16.6. The van der Waals surface area contributed by atoms with Crippen molar-refractivity contribution in [1.29, 1.82) is 0 Å². The molecule has 4 heteroatoms. The minimum Gasteiger partial charge on any atom is -0.445 e. The molecule has 0 aromatic carbocycles. The lowest BCUT2D eigenvalue weighted by atomic mass is 9.98. The Balaban J connectivity index is 2.19. The summed E-state index contributed by atoms with van der Waals surface area (Å²) in [5, 5.41) is 0. The molecule has 1 aliphatic carbocycles. The van der Waals surface area contributed by atoms with Crippen molar-refractivity contribution in [1.82, 2.24) is 5.43 Å². The lowest BCUT2D eigenvalue weighted by molar-refractivity contribution is 0.0754. The third-order valence-corrected chi connectivity index (χ3v) is 1.94. The molecule has 11 heavy (non-hydrogen) atoms. The molecule has 1 saturated carbocycles. The summed E-state index contributed by atoms with van der Waals surface area (Å²) in [5.41, 5.74) is 1.95. The summed E-state index contributed by atoms with van der Waals surface area (Å²) in [6, 6.07) is 0. The predicted octanol–water partition coefficient (Wildman–Crippen LogP) is 0.919. The molecular formula is C7H14N2O2. The van der Waals surface area contributed by atoms with E-state index in [1.807, 2.05) is 5.43 Å². The van der Waals surface area contributed by atoms with E-state index in [4.69, 9.17) is 10.6 Å². The maximum absolute atomic E-state index is 10.6. The molecule has 0 aliphatic heterocycles. The van der Waals surface area contributed by atoms with E-state index in [0.29, 0.717) is 0 Å². The van der Waals surface area contributed by atoms with Crippen molar-refractivity contribution >= 4 is 6.09 Å². The van der Waals surface area contributed by atoms with Gasteiger partial charge in [0.2, 0.25) is 0 Å². The fraction of sp³-hybridized carbons (Fsp3) is 0.857. The lowest BCUT2D eigenvalue weighted by Crippen LogP contribution is -2.34. The van der Waals surface area contributed by atoms with Crippen molar-refractivity contribution in [2.24, 2.45) is 5.84 Å². The molecule has 0 aromatic heterocycles. The van der Waals surface area contributed by atoms with Crippen LogP contribution in [0.2, 0.25) is 0 Å². The van der Waals surface area contributed by atoms with Crippen LogP contribution in [0.5, 0.6) is 0 Å². The number of hydrogen-bond acceptors (Lipinski definition) is 3. The molecule has 64 valence electrons. The third-order valence-electron chi connectivity index (χ3n) is 1.94. The Kier molecular flexibility index (Phi) is 3.16. The summed E-state index contributed by atoms with van der Waals surface area (Å²) >= 11 is 0. The average molecular weight is 158 g/mol. The van der Waals surface area contributed by atoms with Gasteiger partial charge in [-0.2, -0.15) is 0 Å². The van der Waals surface area contributed by atoms with Gasteiger partial charge in [0.05, 0.1) is 0 Å². The number of hydrogen-bond donors (Lipinski definition) is 2. The molecule has 0 aromatic rings. The van der Waals surface area contributed by atoms with E-state index in [9.17, 15) is 4.79 Å². The Hall–Kier alpha value is -0.770. The van der Waals surface area contributed by atoms with E-state index in [1.54, 1.807) is 0 Å². The van der Waals surface area contributed by atoms with E-state index in [1.165, 1.54) is 6.42 Å². The maximum Gasteiger partial charge on any atom is 0.421 e. The Morgan fingerprint density at radius 2 is 2.00 bits per heavy atom. The first-order chi connectivity index (χ1) is 5.33. The second-order valence-electron chi connectivity index (χ2n) is 2.81. The van der Waals surface area contributed by atoms with Crippen LogP contribution in [0.25, 0.3) is 0 Å². The standard InChI is InChI=1S/C7H14N2O2/c8-9-7(10)11-6-4-2-1-3-5-6/h6H,1-5,8H2,(H,9,10). The molecular weight excluding hydrogens is 144 g/mol. The lowest BCUT2D eigenvalue weighted by Gasteiger charge is -2.21. The van der Waals surface area contributed by atoms with Gasteiger partial charge in [-0.3, -0.25) is 5.43 Å². The summed E-state index contributed by atoms with van der Waals surface area (Å²) in [6.45, 7) is 0. The second kappa shape index (κ2) is 4.18. The van der Waals surface area contributed by atoms with Crippen LogP contribution in [-0.2, 0) is 4.74 Å². The predicted molar refractivity (Wildman–Crippen MR) is 40.7 cm³/mol. The van der Waals surface area contributed by atoms with Gasteiger partial charge in [-0.05, 0) is 25.7 Å². The fourth-order valence-electron chi connectivity index (χ4n) is 1.37. The van der Waals surface area contributed by atoms with Gasteiger partial charge in [-0.25, -0.2) is 10.6 Å². The van der Waals surface area contributed by atoms with Gasteiger partial charge in [0.1, 0.15) is 6.10 Å². The molecule has 0 heterocycles. The normalized spacial score (nSPS) is 19.4. The topological polar surface area (TPSA) is 64.3 Å². The number of amides is 1. The zero-order chi connectivity index (χ0) is 8.10. The molecule has 0 spiro atoms. The van der Waals surface area contributed by atoms with Gasteiger partial charge >= 0.3 is 6.09 Å². The quantitative estimate of drug-likeness (QED) is 0.339.